The molecule has 3 aromatic carbocycles. The van der Waals surface area contributed by atoms with Crippen LogP contribution in [-0.4, -0.2) is 43.3 Å². The summed E-state index contributed by atoms with van der Waals surface area (Å²) in [5.41, 5.74) is 2.27. The van der Waals surface area contributed by atoms with Gasteiger partial charge in [0.1, 0.15) is 12.6 Å². The van der Waals surface area contributed by atoms with E-state index in [1.807, 2.05) is 34.6 Å². The molecule has 0 bridgehead atoms. The quantitative estimate of drug-likeness (QED) is 0.318. The number of sulfonamides is 1. The zero-order chi connectivity index (χ0) is 29.8. The second kappa shape index (κ2) is 12.6. The molecule has 3 rings (SSSR count). The summed E-state index contributed by atoms with van der Waals surface area (Å²) in [5.74, 6) is -0.932. The average molecular weight is 605 g/mol. The summed E-state index contributed by atoms with van der Waals surface area (Å²) in [7, 11) is -4.18. The minimum atomic E-state index is -4.18. The SMILES string of the molecule is Cc1ccc(N(CC(=O)N(Cc2ccccc2Cl)C(C)C(=O)NC(C)(C)C)S(=O)(=O)c2ccc(Cl)cc2)cc1C. The molecule has 1 N–H and O–H groups in total. The first-order valence-corrected chi connectivity index (χ1v) is 15.0. The number of hydrogen-bond acceptors (Lipinski definition) is 4. The molecule has 10 heteroatoms. The van der Waals surface area contributed by atoms with E-state index in [0.717, 1.165) is 15.4 Å². The van der Waals surface area contributed by atoms with Crippen LogP contribution in [0.2, 0.25) is 10.0 Å². The molecule has 1 unspecified atom stereocenters. The molecule has 7 nitrogen and oxygen atoms in total. The molecule has 214 valence electrons. The van der Waals surface area contributed by atoms with Crippen molar-refractivity contribution in [3.05, 3.63) is 93.5 Å². The number of amides is 2. The molecule has 0 aliphatic rings. The Morgan fingerprint density at radius 3 is 2.12 bits per heavy atom. The third-order valence-corrected chi connectivity index (χ3v) is 8.83. The van der Waals surface area contributed by atoms with Gasteiger partial charge >= 0.3 is 0 Å². The highest BCUT2D eigenvalue weighted by Crippen LogP contribution is 2.28. The maximum absolute atomic E-state index is 14.0. The van der Waals surface area contributed by atoms with Crippen LogP contribution in [0.25, 0.3) is 0 Å². The number of benzene rings is 3. The van der Waals surface area contributed by atoms with Gasteiger partial charge < -0.3 is 10.2 Å². The normalized spacial score (nSPS) is 12.5. The summed E-state index contributed by atoms with van der Waals surface area (Å²) in [4.78, 5) is 28.5. The highest BCUT2D eigenvalue weighted by atomic mass is 35.5. The van der Waals surface area contributed by atoms with E-state index in [4.69, 9.17) is 23.2 Å². The highest BCUT2D eigenvalue weighted by molar-refractivity contribution is 7.92. The lowest BCUT2D eigenvalue weighted by Crippen LogP contribution is -2.54. The van der Waals surface area contributed by atoms with Crippen LogP contribution < -0.4 is 9.62 Å². The van der Waals surface area contributed by atoms with Crippen LogP contribution in [0.15, 0.2) is 71.6 Å². The molecule has 3 aromatic rings. The largest absolute Gasteiger partial charge is 0.350 e. The van der Waals surface area contributed by atoms with Crippen molar-refractivity contribution in [1.82, 2.24) is 10.2 Å². The molecular weight excluding hydrogens is 569 g/mol. The summed E-state index contributed by atoms with van der Waals surface area (Å²) in [6.45, 7) is 10.4. The fraction of sp³-hybridized carbons (Fsp3) is 0.333. The van der Waals surface area contributed by atoms with Gasteiger partial charge in [0.25, 0.3) is 10.0 Å². The number of halogens is 2. The van der Waals surface area contributed by atoms with Crippen LogP contribution in [0, 0.1) is 13.8 Å². The fourth-order valence-electron chi connectivity index (χ4n) is 4.01. The number of carbonyl (C=O) groups is 2. The molecule has 0 aliphatic carbocycles. The lowest BCUT2D eigenvalue weighted by molar-refractivity contribution is -0.140. The van der Waals surface area contributed by atoms with Gasteiger partial charge in [0.05, 0.1) is 10.6 Å². The Labute approximate surface area is 247 Å². The molecule has 0 aromatic heterocycles. The lowest BCUT2D eigenvalue weighted by atomic mass is 10.1. The molecule has 0 aliphatic heterocycles. The van der Waals surface area contributed by atoms with E-state index >= 15 is 0 Å². The van der Waals surface area contributed by atoms with Gasteiger partial charge in [-0.3, -0.25) is 13.9 Å². The van der Waals surface area contributed by atoms with E-state index in [0.29, 0.717) is 21.3 Å². The lowest BCUT2D eigenvalue weighted by Gasteiger charge is -2.33. The molecule has 0 spiro atoms. The van der Waals surface area contributed by atoms with Crippen LogP contribution in [0.4, 0.5) is 5.69 Å². The number of aryl methyl sites for hydroxylation is 2. The minimum absolute atomic E-state index is 0.0129. The third-order valence-electron chi connectivity index (χ3n) is 6.42. The summed E-state index contributed by atoms with van der Waals surface area (Å²) in [5, 5.41) is 3.72. The second-order valence-corrected chi connectivity index (χ2v) is 13.5. The van der Waals surface area contributed by atoms with E-state index in [2.05, 4.69) is 5.32 Å². The summed E-state index contributed by atoms with van der Waals surface area (Å²) in [6.07, 6.45) is 0. The molecule has 2 amide bonds. The third kappa shape index (κ3) is 7.77. The predicted octanol–water partition coefficient (Wildman–Crippen LogP) is 6.14. The van der Waals surface area contributed by atoms with Crippen LogP contribution in [0.5, 0.6) is 0 Å². The monoisotopic (exact) mass is 603 g/mol. The minimum Gasteiger partial charge on any atom is -0.350 e. The zero-order valence-corrected chi connectivity index (χ0v) is 25.9. The van der Waals surface area contributed by atoms with Crippen LogP contribution in [0.3, 0.4) is 0 Å². The van der Waals surface area contributed by atoms with Gasteiger partial charge in [-0.1, -0.05) is 47.5 Å². The number of anilines is 1. The van der Waals surface area contributed by atoms with E-state index in [9.17, 15) is 18.0 Å². The van der Waals surface area contributed by atoms with Crippen molar-refractivity contribution < 1.29 is 18.0 Å². The molecule has 0 saturated heterocycles. The van der Waals surface area contributed by atoms with Gasteiger partial charge in [0, 0.05) is 22.1 Å². The fourth-order valence-corrected chi connectivity index (χ4v) is 5.74. The van der Waals surface area contributed by atoms with E-state index in [1.165, 1.54) is 29.2 Å². The van der Waals surface area contributed by atoms with Gasteiger partial charge in [-0.25, -0.2) is 8.42 Å². The number of nitrogens with zero attached hydrogens (tertiary/aromatic N) is 2. The van der Waals surface area contributed by atoms with Crippen molar-refractivity contribution >= 4 is 50.7 Å². The summed E-state index contributed by atoms with van der Waals surface area (Å²) < 4.78 is 28.9. The Kier molecular flexibility index (Phi) is 9.93. The number of nitrogens with one attached hydrogen (secondary N) is 1. The van der Waals surface area contributed by atoms with Crippen molar-refractivity contribution in [2.45, 2.75) is 64.6 Å². The molecule has 1 atom stereocenters. The van der Waals surface area contributed by atoms with Crippen molar-refractivity contribution in [1.29, 1.82) is 0 Å². The summed E-state index contributed by atoms with van der Waals surface area (Å²) >= 11 is 12.4. The smallest absolute Gasteiger partial charge is 0.264 e. The first-order chi connectivity index (χ1) is 18.6. The Hall–Kier alpha value is -3.07. The molecule has 0 fully saturated rings. The first-order valence-electron chi connectivity index (χ1n) is 12.8. The number of hydrogen-bond donors (Lipinski definition) is 1. The predicted molar refractivity (Wildman–Crippen MR) is 161 cm³/mol. The molecule has 40 heavy (non-hydrogen) atoms. The van der Waals surface area contributed by atoms with E-state index in [1.54, 1.807) is 49.4 Å². The van der Waals surface area contributed by atoms with Crippen LogP contribution in [0.1, 0.15) is 44.4 Å². The highest BCUT2D eigenvalue weighted by Gasteiger charge is 2.33. The molecule has 0 saturated carbocycles. The Morgan fingerprint density at radius 2 is 1.55 bits per heavy atom. The Balaban J connectivity index is 2.08. The van der Waals surface area contributed by atoms with Gasteiger partial charge in [0.15, 0.2) is 0 Å². The number of rotatable bonds is 9. The van der Waals surface area contributed by atoms with Gasteiger partial charge in [0.2, 0.25) is 11.8 Å². The van der Waals surface area contributed by atoms with Crippen molar-refractivity contribution in [2.75, 3.05) is 10.8 Å². The first kappa shape index (κ1) is 31.5. The molecule has 0 heterocycles. The van der Waals surface area contributed by atoms with Gasteiger partial charge in [-0.2, -0.15) is 0 Å². The molecular formula is C30H35Cl2N3O4S. The second-order valence-electron chi connectivity index (χ2n) is 10.8. The van der Waals surface area contributed by atoms with E-state index < -0.39 is 34.1 Å². The summed E-state index contributed by atoms with van der Waals surface area (Å²) in [6, 6.07) is 17.1. The maximum atomic E-state index is 14.0. The molecule has 0 radical (unpaired) electrons. The standard InChI is InChI=1S/C30H35Cl2N3O4S/c1-20-11-14-25(17-21(20)2)35(40(38,39)26-15-12-24(31)13-16-26)19-28(36)34(18-23-9-7-8-10-27(23)32)22(3)29(37)33-30(4,5)6/h7-17,22H,18-19H2,1-6H3,(H,33,37). The maximum Gasteiger partial charge on any atom is 0.264 e. The topological polar surface area (TPSA) is 86.8 Å². The van der Waals surface area contributed by atoms with Crippen LogP contribution >= 0.6 is 23.2 Å². The average Bonchev–Trinajstić information content (AvgIpc) is 2.87. The Bertz CT molecular complexity index is 1490. The van der Waals surface area contributed by atoms with Gasteiger partial charge in [-0.15, -0.1) is 0 Å². The van der Waals surface area contributed by atoms with Crippen LogP contribution in [-0.2, 0) is 26.2 Å². The van der Waals surface area contributed by atoms with Gasteiger partial charge in [-0.05, 0) is 101 Å². The van der Waals surface area contributed by atoms with Crippen molar-refractivity contribution in [2.24, 2.45) is 0 Å². The number of carbonyl (C=O) groups excluding carboxylic acids is 2. The van der Waals surface area contributed by atoms with Crippen molar-refractivity contribution in [3.8, 4) is 0 Å². The zero-order valence-electron chi connectivity index (χ0n) is 23.5. The van der Waals surface area contributed by atoms with Crippen molar-refractivity contribution in [3.63, 3.8) is 0 Å². The van der Waals surface area contributed by atoms with E-state index in [-0.39, 0.29) is 17.3 Å². The Morgan fingerprint density at radius 1 is 0.925 bits per heavy atom.